The fraction of sp³-hybridized carbons (Fsp3) is 0.769. The molecule has 0 radical (unpaired) electrons. The molecule has 0 saturated heterocycles. The summed E-state index contributed by atoms with van der Waals surface area (Å²) in [5, 5.41) is 11.5. The van der Waals surface area contributed by atoms with E-state index in [9.17, 15) is 4.79 Å². The molecule has 0 spiro atoms. The van der Waals surface area contributed by atoms with Crippen LogP contribution in [0, 0.1) is 12.3 Å². The summed E-state index contributed by atoms with van der Waals surface area (Å²) in [6, 6.07) is 0. The molecule has 3 nitrogen and oxygen atoms in total. The molecule has 0 fully saturated rings. The van der Waals surface area contributed by atoms with Crippen molar-refractivity contribution in [3.63, 3.8) is 0 Å². The topological polar surface area (TPSA) is 49.3 Å². The van der Waals surface area contributed by atoms with Gasteiger partial charge in [0.05, 0.1) is 0 Å². The molecule has 0 aliphatic heterocycles. The Kier molecular flexibility index (Phi) is 11.3. The van der Waals surface area contributed by atoms with Gasteiger partial charge in [0, 0.05) is 26.0 Å². The van der Waals surface area contributed by atoms with Crippen LogP contribution in [0.3, 0.4) is 0 Å². The highest BCUT2D eigenvalue weighted by Gasteiger charge is 1.99. The first-order valence-electron chi connectivity index (χ1n) is 6.12. The number of aliphatic hydroxyl groups is 1. The highest BCUT2D eigenvalue weighted by Crippen LogP contribution is 2.00. The van der Waals surface area contributed by atoms with Gasteiger partial charge in [0.15, 0.2) is 0 Å². The lowest BCUT2D eigenvalue weighted by atomic mass is 10.2. The van der Waals surface area contributed by atoms with Gasteiger partial charge in [0.25, 0.3) is 0 Å². The lowest BCUT2D eigenvalue weighted by Crippen LogP contribution is -2.23. The van der Waals surface area contributed by atoms with Crippen LogP contribution >= 0.6 is 0 Å². The second-order valence-corrected chi connectivity index (χ2v) is 3.90. The van der Waals surface area contributed by atoms with Gasteiger partial charge in [0.2, 0.25) is 5.91 Å². The molecule has 0 bridgehead atoms. The highest BCUT2D eigenvalue weighted by molar-refractivity contribution is 5.75. The van der Waals surface area contributed by atoms with Gasteiger partial charge >= 0.3 is 0 Å². The van der Waals surface area contributed by atoms with Crippen molar-refractivity contribution >= 4 is 5.91 Å². The SMILES string of the molecule is C#CCCCCC(=O)NCCCCCCO. The zero-order valence-electron chi connectivity index (χ0n) is 10.0. The molecule has 0 aromatic carbocycles. The molecule has 0 saturated carbocycles. The largest absolute Gasteiger partial charge is 0.396 e. The maximum atomic E-state index is 11.3. The van der Waals surface area contributed by atoms with Crippen molar-refractivity contribution in [3.05, 3.63) is 0 Å². The number of terminal acetylenes is 1. The zero-order chi connectivity index (χ0) is 12.1. The lowest BCUT2D eigenvalue weighted by Gasteiger charge is -2.04. The van der Waals surface area contributed by atoms with Gasteiger partial charge in [-0.2, -0.15) is 0 Å². The van der Waals surface area contributed by atoms with E-state index >= 15 is 0 Å². The molecule has 0 aliphatic carbocycles. The third-order valence-corrected chi connectivity index (χ3v) is 2.38. The number of aliphatic hydroxyl groups excluding tert-OH is 1. The van der Waals surface area contributed by atoms with E-state index < -0.39 is 0 Å². The van der Waals surface area contributed by atoms with Crippen molar-refractivity contribution in [1.82, 2.24) is 5.32 Å². The van der Waals surface area contributed by atoms with Crippen LogP contribution in [0.25, 0.3) is 0 Å². The quantitative estimate of drug-likeness (QED) is 0.440. The zero-order valence-corrected chi connectivity index (χ0v) is 10.0. The van der Waals surface area contributed by atoms with Gasteiger partial charge in [0.1, 0.15) is 0 Å². The first kappa shape index (κ1) is 15.0. The minimum atomic E-state index is 0.124. The summed E-state index contributed by atoms with van der Waals surface area (Å²) >= 11 is 0. The molecular weight excluding hydrogens is 202 g/mol. The highest BCUT2D eigenvalue weighted by atomic mass is 16.2. The van der Waals surface area contributed by atoms with Crippen LogP contribution in [0.2, 0.25) is 0 Å². The number of carbonyl (C=O) groups excluding carboxylic acids is 1. The summed E-state index contributed by atoms with van der Waals surface area (Å²) in [4.78, 5) is 11.3. The molecule has 1 amide bonds. The maximum Gasteiger partial charge on any atom is 0.219 e. The number of nitrogens with one attached hydrogen (secondary N) is 1. The van der Waals surface area contributed by atoms with E-state index in [1.54, 1.807) is 0 Å². The Balaban J connectivity index is 3.15. The summed E-state index contributed by atoms with van der Waals surface area (Å²) < 4.78 is 0. The summed E-state index contributed by atoms with van der Waals surface area (Å²) in [7, 11) is 0. The summed E-state index contributed by atoms with van der Waals surface area (Å²) in [6.07, 6.45) is 12.2. The van der Waals surface area contributed by atoms with Gasteiger partial charge in [-0.05, 0) is 25.7 Å². The van der Waals surface area contributed by atoms with E-state index in [-0.39, 0.29) is 12.5 Å². The van der Waals surface area contributed by atoms with Crippen molar-refractivity contribution in [2.24, 2.45) is 0 Å². The number of hydrogen-bond donors (Lipinski definition) is 2. The van der Waals surface area contributed by atoms with Gasteiger partial charge in [-0.1, -0.05) is 12.8 Å². The lowest BCUT2D eigenvalue weighted by molar-refractivity contribution is -0.121. The number of carbonyl (C=O) groups is 1. The van der Waals surface area contributed by atoms with Gasteiger partial charge < -0.3 is 10.4 Å². The second kappa shape index (κ2) is 12.1. The molecule has 0 aromatic rings. The van der Waals surface area contributed by atoms with Crippen molar-refractivity contribution in [3.8, 4) is 12.3 Å². The summed E-state index contributed by atoms with van der Waals surface area (Å²) in [5.74, 6) is 2.69. The van der Waals surface area contributed by atoms with E-state index in [1.165, 1.54) is 0 Å². The van der Waals surface area contributed by atoms with Crippen molar-refractivity contribution < 1.29 is 9.90 Å². The standard InChI is InChI=1S/C13H23NO2/c1-2-3-4-7-10-13(16)14-11-8-5-6-9-12-15/h1,15H,3-12H2,(H,14,16). The van der Waals surface area contributed by atoms with Crippen molar-refractivity contribution in [2.75, 3.05) is 13.2 Å². The smallest absolute Gasteiger partial charge is 0.219 e. The van der Waals surface area contributed by atoms with Crippen molar-refractivity contribution in [2.45, 2.75) is 51.4 Å². The van der Waals surface area contributed by atoms with E-state index in [0.717, 1.165) is 51.5 Å². The average molecular weight is 225 g/mol. The Morgan fingerprint density at radius 1 is 1.12 bits per heavy atom. The first-order valence-corrected chi connectivity index (χ1v) is 6.12. The van der Waals surface area contributed by atoms with E-state index in [2.05, 4.69) is 11.2 Å². The van der Waals surface area contributed by atoms with E-state index in [1.807, 2.05) is 0 Å². The minimum Gasteiger partial charge on any atom is -0.396 e. The van der Waals surface area contributed by atoms with Crippen LogP contribution in [-0.4, -0.2) is 24.2 Å². The van der Waals surface area contributed by atoms with Gasteiger partial charge in [-0.25, -0.2) is 0 Å². The third kappa shape index (κ3) is 11.1. The Hall–Kier alpha value is -1.01. The minimum absolute atomic E-state index is 0.124. The molecule has 0 aliphatic rings. The molecule has 92 valence electrons. The Morgan fingerprint density at radius 2 is 1.88 bits per heavy atom. The van der Waals surface area contributed by atoms with Crippen LogP contribution < -0.4 is 5.32 Å². The molecule has 0 heterocycles. The molecule has 0 atom stereocenters. The summed E-state index contributed by atoms with van der Waals surface area (Å²) in [5.41, 5.74) is 0. The predicted octanol–water partition coefficient (Wildman–Crippen LogP) is 1.85. The number of rotatable bonds is 10. The molecule has 2 N–H and O–H groups in total. The molecule has 16 heavy (non-hydrogen) atoms. The third-order valence-electron chi connectivity index (χ3n) is 2.38. The maximum absolute atomic E-state index is 11.3. The van der Waals surface area contributed by atoms with Gasteiger partial charge in [-0.3, -0.25) is 4.79 Å². The van der Waals surface area contributed by atoms with E-state index in [4.69, 9.17) is 11.5 Å². The van der Waals surface area contributed by atoms with Crippen LogP contribution in [0.5, 0.6) is 0 Å². The molecule has 0 unspecified atom stereocenters. The van der Waals surface area contributed by atoms with Crippen LogP contribution in [0.4, 0.5) is 0 Å². The fourth-order valence-corrected chi connectivity index (χ4v) is 1.42. The number of unbranched alkanes of at least 4 members (excludes halogenated alkanes) is 5. The number of hydrogen-bond acceptors (Lipinski definition) is 2. The Bertz CT molecular complexity index is 208. The average Bonchev–Trinajstić information content (AvgIpc) is 2.29. The second-order valence-electron chi connectivity index (χ2n) is 3.90. The van der Waals surface area contributed by atoms with Crippen LogP contribution in [-0.2, 0) is 4.79 Å². The van der Waals surface area contributed by atoms with Crippen LogP contribution in [0.1, 0.15) is 51.4 Å². The fourth-order valence-electron chi connectivity index (χ4n) is 1.42. The summed E-state index contributed by atoms with van der Waals surface area (Å²) in [6.45, 7) is 1.01. The van der Waals surface area contributed by atoms with Crippen molar-refractivity contribution in [1.29, 1.82) is 0 Å². The molecule has 0 rings (SSSR count). The van der Waals surface area contributed by atoms with Gasteiger partial charge in [-0.15, -0.1) is 12.3 Å². The first-order chi connectivity index (χ1) is 7.81. The number of amides is 1. The molecule has 3 heteroatoms. The molecule has 0 aromatic heterocycles. The van der Waals surface area contributed by atoms with Crippen LogP contribution in [0.15, 0.2) is 0 Å². The predicted molar refractivity (Wildman–Crippen MR) is 65.9 cm³/mol. The van der Waals surface area contributed by atoms with E-state index in [0.29, 0.717) is 6.42 Å². The Labute approximate surface area is 98.6 Å². The Morgan fingerprint density at radius 3 is 2.56 bits per heavy atom. The normalized spacial score (nSPS) is 9.75. The molecular formula is C13H23NO2. The monoisotopic (exact) mass is 225 g/mol.